The van der Waals surface area contributed by atoms with Crippen LogP contribution in [0.15, 0.2) is 0 Å². The summed E-state index contributed by atoms with van der Waals surface area (Å²) in [5.41, 5.74) is 5.37. The van der Waals surface area contributed by atoms with Crippen molar-refractivity contribution in [2.75, 3.05) is 26.3 Å². The molecule has 0 saturated heterocycles. The minimum atomic E-state index is 0.132. The smallest absolute Gasteiger partial charge is 0.220 e. The van der Waals surface area contributed by atoms with Crippen LogP contribution in [0.25, 0.3) is 0 Å². The van der Waals surface area contributed by atoms with Crippen LogP contribution >= 0.6 is 0 Å². The Kier molecular flexibility index (Phi) is 7.17. The molecule has 0 unspecified atom stereocenters. The quantitative estimate of drug-likeness (QED) is 0.549. The number of carbonyl (C=O) groups is 1. The van der Waals surface area contributed by atoms with Gasteiger partial charge < -0.3 is 15.8 Å². The zero-order valence-electron chi connectivity index (χ0n) is 10.0. The van der Waals surface area contributed by atoms with Crippen LogP contribution in [-0.4, -0.2) is 32.2 Å². The van der Waals surface area contributed by atoms with Crippen LogP contribution in [0.2, 0.25) is 0 Å². The monoisotopic (exact) mass is 228 g/mol. The molecule has 1 amide bonds. The van der Waals surface area contributed by atoms with Crippen molar-refractivity contribution in [1.82, 2.24) is 5.32 Å². The number of hydrogen-bond donors (Lipinski definition) is 2. The van der Waals surface area contributed by atoms with Crippen molar-refractivity contribution in [3.63, 3.8) is 0 Å². The highest BCUT2D eigenvalue weighted by Gasteiger charge is 2.20. The highest BCUT2D eigenvalue weighted by molar-refractivity contribution is 5.75. The van der Waals surface area contributed by atoms with Crippen molar-refractivity contribution in [2.45, 2.75) is 38.5 Å². The summed E-state index contributed by atoms with van der Waals surface area (Å²) in [4.78, 5) is 11.3. The zero-order chi connectivity index (χ0) is 11.6. The van der Waals surface area contributed by atoms with Crippen molar-refractivity contribution < 1.29 is 9.53 Å². The third kappa shape index (κ3) is 7.65. The van der Waals surface area contributed by atoms with Crippen LogP contribution < -0.4 is 11.1 Å². The molecule has 0 heterocycles. The molecular formula is C12H24N2O2. The molecule has 0 aromatic rings. The Hall–Kier alpha value is -0.610. The topological polar surface area (TPSA) is 64.4 Å². The largest absolute Gasteiger partial charge is 0.379 e. The number of unbranched alkanes of at least 4 members (excludes halogenated alkanes) is 2. The molecule has 0 aliphatic heterocycles. The molecule has 1 saturated carbocycles. The number of nitrogens with two attached hydrogens (primary N) is 1. The summed E-state index contributed by atoms with van der Waals surface area (Å²) in [5, 5.41) is 2.86. The SMILES string of the molecule is NCCCCCC(=O)NCCOCC1CC1. The molecule has 4 heteroatoms. The van der Waals surface area contributed by atoms with Gasteiger partial charge in [0.15, 0.2) is 0 Å². The molecule has 0 aromatic heterocycles. The van der Waals surface area contributed by atoms with E-state index in [2.05, 4.69) is 5.32 Å². The summed E-state index contributed by atoms with van der Waals surface area (Å²) < 4.78 is 5.42. The average Bonchev–Trinajstić information content (AvgIpc) is 3.08. The Bertz CT molecular complexity index is 193. The number of nitrogens with one attached hydrogen (secondary N) is 1. The Morgan fingerprint density at radius 2 is 2.12 bits per heavy atom. The van der Waals surface area contributed by atoms with Crippen LogP contribution in [0, 0.1) is 5.92 Å². The first-order valence-electron chi connectivity index (χ1n) is 6.37. The number of ether oxygens (including phenoxy) is 1. The highest BCUT2D eigenvalue weighted by Crippen LogP contribution is 2.28. The Morgan fingerprint density at radius 1 is 1.31 bits per heavy atom. The van der Waals surface area contributed by atoms with Gasteiger partial charge in [-0.05, 0) is 38.1 Å². The minimum absolute atomic E-state index is 0.132. The van der Waals surface area contributed by atoms with Gasteiger partial charge >= 0.3 is 0 Å². The van der Waals surface area contributed by atoms with E-state index in [1.165, 1.54) is 12.8 Å². The summed E-state index contributed by atoms with van der Waals surface area (Å²) in [6, 6.07) is 0. The second kappa shape index (κ2) is 8.53. The normalized spacial score (nSPS) is 15.1. The van der Waals surface area contributed by atoms with E-state index in [9.17, 15) is 4.79 Å². The first-order chi connectivity index (χ1) is 7.83. The van der Waals surface area contributed by atoms with Gasteiger partial charge in [-0.3, -0.25) is 4.79 Å². The average molecular weight is 228 g/mol. The number of hydrogen-bond acceptors (Lipinski definition) is 3. The van der Waals surface area contributed by atoms with Gasteiger partial charge in [-0.25, -0.2) is 0 Å². The van der Waals surface area contributed by atoms with Crippen molar-refractivity contribution in [1.29, 1.82) is 0 Å². The lowest BCUT2D eigenvalue weighted by molar-refractivity contribution is -0.121. The number of amides is 1. The maximum Gasteiger partial charge on any atom is 0.220 e. The summed E-state index contributed by atoms with van der Waals surface area (Å²) in [6.45, 7) is 2.87. The molecule has 94 valence electrons. The lowest BCUT2D eigenvalue weighted by atomic mass is 10.2. The van der Waals surface area contributed by atoms with Gasteiger partial charge in [-0.2, -0.15) is 0 Å². The molecule has 1 fully saturated rings. The van der Waals surface area contributed by atoms with Gasteiger partial charge in [0.1, 0.15) is 0 Å². The molecule has 16 heavy (non-hydrogen) atoms. The summed E-state index contributed by atoms with van der Waals surface area (Å²) in [5.74, 6) is 0.930. The maximum atomic E-state index is 11.3. The Morgan fingerprint density at radius 3 is 2.81 bits per heavy atom. The first-order valence-corrected chi connectivity index (χ1v) is 6.37. The van der Waals surface area contributed by atoms with Gasteiger partial charge in [-0.1, -0.05) is 6.42 Å². The van der Waals surface area contributed by atoms with Crippen LogP contribution in [0.1, 0.15) is 38.5 Å². The summed E-state index contributed by atoms with van der Waals surface area (Å²) >= 11 is 0. The van der Waals surface area contributed by atoms with E-state index in [4.69, 9.17) is 10.5 Å². The van der Waals surface area contributed by atoms with Gasteiger partial charge in [-0.15, -0.1) is 0 Å². The van der Waals surface area contributed by atoms with Gasteiger partial charge in [0.2, 0.25) is 5.91 Å². The van der Waals surface area contributed by atoms with E-state index < -0.39 is 0 Å². The molecular weight excluding hydrogens is 204 g/mol. The number of carbonyl (C=O) groups excluding carboxylic acids is 1. The third-order valence-corrected chi connectivity index (χ3v) is 2.73. The molecule has 1 aliphatic rings. The van der Waals surface area contributed by atoms with Gasteiger partial charge in [0.05, 0.1) is 6.61 Å². The maximum absolute atomic E-state index is 11.3. The van der Waals surface area contributed by atoms with Crippen LogP contribution in [0.3, 0.4) is 0 Å². The molecule has 4 nitrogen and oxygen atoms in total. The van der Waals surface area contributed by atoms with Crippen LogP contribution in [-0.2, 0) is 9.53 Å². The second-order valence-corrected chi connectivity index (χ2v) is 4.47. The molecule has 0 aromatic carbocycles. The lowest BCUT2D eigenvalue weighted by Crippen LogP contribution is -2.27. The zero-order valence-corrected chi connectivity index (χ0v) is 10.0. The standard InChI is InChI=1S/C12H24N2O2/c13-7-3-1-2-4-12(15)14-8-9-16-10-11-5-6-11/h11H,1-10,13H2,(H,14,15). The molecule has 1 rings (SSSR count). The minimum Gasteiger partial charge on any atom is -0.379 e. The predicted octanol–water partition coefficient (Wildman–Crippen LogP) is 1.05. The van der Waals surface area contributed by atoms with Crippen molar-refractivity contribution in [3.8, 4) is 0 Å². The predicted molar refractivity (Wildman–Crippen MR) is 64.1 cm³/mol. The fourth-order valence-electron chi connectivity index (χ4n) is 1.49. The second-order valence-electron chi connectivity index (χ2n) is 4.47. The van der Waals surface area contributed by atoms with Crippen molar-refractivity contribution >= 4 is 5.91 Å². The highest BCUT2D eigenvalue weighted by atomic mass is 16.5. The summed E-state index contributed by atoms with van der Waals surface area (Å²) in [6.07, 6.45) is 6.23. The van der Waals surface area contributed by atoms with E-state index >= 15 is 0 Å². The molecule has 0 atom stereocenters. The van der Waals surface area contributed by atoms with E-state index in [0.717, 1.165) is 38.3 Å². The Balaban J connectivity index is 1.77. The van der Waals surface area contributed by atoms with E-state index in [-0.39, 0.29) is 5.91 Å². The van der Waals surface area contributed by atoms with Gasteiger partial charge in [0, 0.05) is 19.6 Å². The fourth-order valence-corrected chi connectivity index (χ4v) is 1.49. The Labute approximate surface area is 97.9 Å². The van der Waals surface area contributed by atoms with E-state index in [1.54, 1.807) is 0 Å². The lowest BCUT2D eigenvalue weighted by Gasteiger charge is -2.05. The van der Waals surface area contributed by atoms with E-state index in [0.29, 0.717) is 19.6 Å². The molecule has 3 N–H and O–H groups in total. The molecule has 1 aliphatic carbocycles. The molecule has 0 spiro atoms. The summed E-state index contributed by atoms with van der Waals surface area (Å²) in [7, 11) is 0. The first kappa shape index (κ1) is 13.5. The van der Waals surface area contributed by atoms with Crippen LogP contribution in [0.4, 0.5) is 0 Å². The van der Waals surface area contributed by atoms with Crippen LogP contribution in [0.5, 0.6) is 0 Å². The molecule has 0 bridgehead atoms. The van der Waals surface area contributed by atoms with Crippen molar-refractivity contribution in [2.24, 2.45) is 11.7 Å². The fraction of sp³-hybridized carbons (Fsp3) is 0.917. The molecule has 0 radical (unpaired) electrons. The van der Waals surface area contributed by atoms with E-state index in [1.807, 2.05) is 0 Å². The number of rotatable bonds is 10. The third-order valence-electron chi connectivity index (χ3n) is 2.73. The van der Waals surface area contributed by atoms with Crippen molar-refractivity contribution in [3.05, 3.63) is 0 Å². The van der Waals surface area contributed by atoms with Gasteiger partial charge in [0.25, 0.3) is 0 Å².